The number of nitrogens with zero attached hydrogens (tertiary/aromatic N) is 2. The molecule has 0 bridgehead atoms. The van der Waals surface area contributed by atoms with Crippen LogP contribution in [-0.2, 0) is 0 Å². The first-order valence-corrected chi connectivity index (χ1v) is 6.18. The molecule has 1 aromatic carbocycles. The molecule has 0 radical (unpaired) electrons. The lowest BCUT2D eigenvalue weighted by atomic mass is 10.1. The van der Waals surface area contributed by atoms with Crippen molar-refractivity contribution in [3.8, 4) is 0 Å². The van der Waals surface area contributed by atoms with E-state index in [1.165, 1.54) is 6.33 Å². The summed E-state index contributed by atoms with van der Waals surface area (Å²) in [5.74, 6) is 0.437. The smallest absolute Gasteiger partial charge is 0.254 e. The fourth-order valence-corrected chi connectivity index (χ4v) is 2.10. The van der Waals surface area contributed by atoms with Gasteiger partial charge in [0.15, 0.2) is 0 Å². The van der Waals surface area contributed by atoms with E-state index < -0.39 is 0 Å². The maximum Gasteiger partial charge on any atom is 0.254 e. The molecule has 0 fully saturated rings. The summed E-state index contributed by atoms with van der Waals surface area (Å²) in [6, 6.07) is 5.15. The molecule has 1 unspecified atom stereocenters. The second kappa shape index (κ2) is 4.69. The fourth-order valence-electron chi connectivity index (χ4n) is 2.10. The molecular formula is C13H14N6O. The average molecular weight is 270 g/mol. The predicted molar refractivity (Wildman–Crippen MR) is 75.0 cm³/mol. The van der Waals surface area contributed by atoms with E-state index in [4.69, 9.17) is 5.73 Å². The molecule has 3 rings (SSSR count). The van der Waals surface area contributed by atoms with Gasteiger partial charge in [-0.3, -0.25) is 9.89 Å². The van der Waals surface area contributed by atoms with Crippen LogP contribution in [0.3, 0.4) is 0 Å². The Morgan fingerprint density at radius 2 is 2.30 bits per heavy atom. The minimum Gasteiger partial charge on any atom is -0.399 e. The maximum absolute atomic E-state index is 12.3. The van der Waals surface area contributed by atoms with Gasteiger partial charge >= 0.3 is 0 Å². The number of aromatic nitrogens is 4. The van der Waals surface area contributed by atoms with Crippen LogP contribution in [0.25, 0.3) is 10.9 Å². The summed E-state index contributed by atoms with van der Waals surface area (Å²) in [5, 5.41) is 10.2. The van der Waals surface area contributed by atoms with Gasteiger partial charge in [0, 0.05) is 22.8 Å². The highest BCUT2D eigenvalue weighted by molar-refractivity contribution is 6.07. The first-order chi connectivity index (χ1) is 9.65. The average Bonchev–Trinajstić information content (AvgIpc) is 3.07. The van der Waals surface area contributed by atoms with Crippen LogP contribution in [0.1, 0.15) is 29.1 Å². The molecular weight excluding hydrogens is 256 g/mol. The summed E-state index contributed by atoms with van der Waals surface area (Å²) in [7, 11) is 0. The Labute approximate surface area is 114 Å². The second-order valence-corrected chi connectivity index (χ2v) is 4.57. The van der Waals surface area contributed by atoms with Gasteiger partial charge in [0.05, 0.1) is 11.6 Å². The highest BCUT2D eigenvalue weighted by atomic mass is 16.1. The predicted octanol–water partition coefficient (Wildman–Crippen LogP) is 1.36. The zero-order chi connectivity index (χ0) is 14.1. The number of anilines is 1. The molecule has 20 heavy (non-hydrogen) atoms. The van der Waals surface area contributed by atoms with Crippen molar-refractivity contribution in [3.05, 3.63) is 42.1 Å². The minimum atomic E-state index is -0.247. The molecule has 3 aromatic rings. The van der Waals surface area contributed by atoms with Crippen LogP contribution >= 0.6 is 0 Å². The lowest BCUT2D eigenvalue weighted by molar-refractivity contribution is 0.0940. The number of hydrogen-bond acceptors (Lipinski definition) is 4. The van der Waals surface area contributed by atoms with Crippen LogP contribution in [-0.4, -0.2) is 26.1 Å². The van der Waals surface area contributed by atoms with Gasteiger partial charge in [-0.25, -0.2) is 4.98 Å². The number of carbonyl (C=O) groups excluding carboxylic acids is 1. The Balaban J connectivity index is 1.86. The summed E-state index contributed by atoms with van der Waals surface area (Å²) in [4.78, 5) is 19.3. The molecule has 102 valence electrons. The minimum absolute atomic E-state index is 0.176. The number of aromatic amines is 2. The van der Waals surface area contributed by atoms with Gasteiger partial charge in [-0.15, -0.1) is 0 Å². The molecule has 0 aliphatic rings. The van der Waals surface area contributed by atoms with Gasteiger partial charge < -0.3 is 16.0 Å². The molecule has 2 heterocycles. The highest BCUT2D eigenvalue weighted by Crippen LogP contribution is 2.21. The summed E-state index contributed by atoms with van der Waals surface area (Å²) in [6.45, 7) is 1.84. The summed E-state index contributed by atoms with van der Waals surface area (Å²) in [6.07, 6.45) is 3.08. The lowest BCUT2D eigenvalue weighted by Crippen LogP contribution is -2.27. The SMILES string of the molecule is CC(NC(=O)c1c[nH]c2cc(N)ccc12)c1ncn[nH]1. The molecule has 0 saturated carbocycles. The lowest BCUT2D eigenvalue weighted by Gasteiger charge is -2.10. The van der Waals surface area contributed by atoms with Crippen molar-refractivity contribution < 1.29 is 4.79 Å². The number of fused-ring (bicyclic) bond motifs is 1. The first kappa shape index (κ1) is 12.2. The van der Waals surface area contributed by atoms with E-state index in [-0.39, 0.29) is 11.9 Å². The monoisotopic (exact) mass is 270 g/mol. The molecule has 0 spiro atoms. The van der Waals surface area contributed by atoms with E-state index in [0.717, 1.165) is 10.9 Å². The number of rotatable bonds is 3. The molecule has 7 nitrogen and oxygen atoms in total. The third-order valence-corrected chi connectivity index (χ3v) is 3.14. The van der Waals surface area contributed by atoms with E-state index in [1.54, 1.807) is 18.3 Å². The molecule has 1 atom stereocenters. The van der Waals surface area contributed by atoms with E-state index >= 15 is 0 Å². The number of benzene rings is 1. The Morgan fingerprint density at radius 1 is 1.45 bits per heavy atom. The number of hydrogen-bond donors (Lipinski definition) is 4. The van der Waals surface area contributed by atoms with E-state index in [9.17, 15) is 4.79 Å². The molecule has 0 aliphatic heterocycles. The van der Waals surface area contributed by atoms with E-state index in [2.05, 4.69) is 25.5 Å². The van der Waals surface area contributed by atoms with E-state index in [0.29, 0.717) is 17.1 Å². The normalized spacial score (nSPS) is 12.4. The number of nitrogens with one attached hydrogen (secondary N) is 3. The Kier molecular flexibility index (Phi) is 2.86. The third kappa shape index (κ3) is 2.09. The zero-order valence-corrected chi connectivity index (χ0v) is 10.8. The number of nitrogens with two attached hydrogens (primary N) is 1. The number of carbonyl (C=O) groups is 1. The summed E-state index contributed by atoms with van der Waals surface area (Å²) >= 11 is 0. The molecule has 0 saturated heterocycles. The van der Waals surface area contributed by atoms with Crippen molar-refractivity contribution in [3.63, 3.8) is 0 Å². The van der Waals surface area contributed by atoms with Crippen molar-refractivity contribution in [2.75, 3.05) is 5.73 Å². The third-order valence-electron chi connectivity index (χ3n) is 3.14. The quantitative estimate of drug-likeness (QED) is 0.538. The Bertz CT molecular complexity index is 745. The van der Waals surface area contributed by atoms with Crippen LogP contribution in [0, 0.1) is 0 Å². The van der Waals surface area contributed by atoms with Crippen LogP contribution in [0.4, 0.5) is 5.69 Å². The maximum atomic E-state index is 12.3. The number of amides is 1. The van der Waals surface area contributed by atoms with Crippen molar-refractivity contribution in [2.45, 2.75) is 13.0 Å². The van der Waals surface area contributed by atoms with Gasteiger partial charge in [-0.05, 0) is 25.1 Å². The van der Waals surface area contributed by atoms with Gasteiger partial charge in [0.2, 0.25) is 0 Å². The Hall–Kier alpha value is -2.83. The molecule has 2 aromatic heterocycles. The van der Waals surface area contributed by atoms with Crippen molar-refractivity contribution in [2.24, 2.45) is 0 Å². The fraction of sp³-hybridized carbons (Fsp3) is 0.154. The van der Waals surface area contributed by atoms with Crippen LogP contribution in [0.5, 0.6) is 0 Å². The number of H-pyrrole nitrogens is 2. The van der Waals surface area contributed by atoms with Gasteiger partial charge in [-0.1, -0.05) is 0 Å². The van der Waals surface area contributed by atoms with Crippen LogP contribution < -0.4 is 11.1 Å². The van der Waals surface area contributed by atoms with Crippen LogP contribution in [0.2, 0.25) is 0 Å². The van der Waals surface area contributed by atoms with Gasteiger partial charge in [0.25, 0.3) is 5.91 Å². The first-order valence-electron chi connectivity index (χ1n) is 6.18. The molecule has 1 amide bonds. The second-order valence-electron chi connectivity index (χ2n) is 4.57. The zero-order valence-electron chi connectivity index (χ0n) is 10.8. The van der Waals surface area contributed by atoms with Crippen molar-refractivity contribution in [1.82, 2.24) is 25.5 Å². The largest absolute Gasteiger partial charge is 0.399 e. The highest BCUT2D eigenvalue weighted by Gasteiger charge is 2.16. The standard InChI is InChI=1S/C13H14N6O/c1-7(12-16-6-17-19-12)18-13(20)10-5-15-11-4-8(14)2-3-9(10)11/h2-7,15H,14H2,1H3,(H,18,20)(H,16,17,19). The molecule has 5 N–H and O–H groups in total. The summed E-state index contributed by atoms with van der Waals surface area (Å²) < 4.78 is 0. The van der Waals surface area contributed by atoms with Crippen molar-refractivity contribution >= 4 is 22.5 Å². The topological polar surface area (TPSA) is 112 Å². The van der Waals surface area contributed by atoms with E-state index in [1.807, 2.05) is 13.0 Å². The number of nitrogen functional groups attached to an aromatic ring is 1. The molecule has 7 heteroatoms. The molecule has 0 aliphatic carbocycles. The summed E-state index contributed by atoms with van der Waals surface area (Å²) in [5.41, 5.74) is 7.78. The van der Waals surface area contributed by atoms with Gasteiger partial charge in [0.1, 0.15) is 12.2 Å². The van der Waals surface area contributed by atoms with Crippen LogP contribution in [0.15, 0.2) is 30.7 Å². The Morgan fingerprint density at radius 3 is 3.05 bits per heavy atom. The van der Waals surface area contributed by atoms with Crippen molar-refractivity contribution in [1.29, 1.82) is 0 Å². The van der Waals surface area contributed by atoms with Gasteiger partial charge in [-0.2, -0.15) is 5.10 Å².